The van der Waals surface area contributed by atoms with E-state index < -0.39 is 0 Å². The second kappa shape index (κ2) is 5.91. The Morgan fingerprint density at radius 1 is 1.17 bits per heavy atom. The highest BCUT2D eigenvalue weighted by molar-refractivity contribution is 5.56. The summed E-state index contributed by atoms with van der Waals surface area (Å²) in [5, 5.41) is 8.28. The number of hydrogen-bond donors (Lipinski definition) is 0. The molecule has 5 heteroatoms. The highest BCUT2D eigenvalue weighted by Crippen LogP contribution is 2.33. The Labute approximate surface area is 134 Å². The molecule has 0 saturated heterocycles. The molecule has 0 unspecified atom stereocenters. The quantitative estimate of drug-likeness (QED) is 0.727. The molecule has 0 amide bonds. The second-order valence-corrected chi connectivity index (χ2v) is 5.84. The van der Waals surface area contributed by atoms with Crippen LogP contribution in [0.5, 0.6) is 0 Å². The van der Waals surface area contributed by atoms with Crippen LogP contribution in [0.4, 0.5) is 5.69 Å². The Balaban J connectivity index is 1.62. The fraction of sp³-hybridized carbons (Fsp3) is 0.333. The van der Waals surface area contributed by atoms with Crippen molar-refractivity contribution in [2.75, 3.05) is 4.90 Å². The fourth-order valence-corrected chi connectivity index (χ4v) is 3.28. The lowest BCUT2D eigenvalue weighted by atomic mass is 9.94. The third-order valence-corrected chi connectivity index (χ3v) is 4.46. The van der Waals surface area contributed by atoms with Crippen molar-refractivity contribution in [3.05, 3.63) is 54.1 Å². The second-order valence-electron chi connectivity index (χ2n) is 5.84. The molecule has 0 N–H and O–H groups in total. The molecule has 0 spiro atoms. The van der Waals surface area contributed by atoms with E-state index in [0.717, 1.165) is 19.3 Å². The van der Waals surface area contributed by atoms with Crippen LogP contribution in [-0.4, -0.2) is 16.2 Å². The number of hydrogen-bond acceptors (Lipinski definition) is 5. The summed E-state index contributed by atoms with van der Waals surface area (Å²) in [6, 6.07) is 12.7. The summed E-state index contributed by atoms with van der Waals surface area (Å²) in [5.41, 5.74) is 2.67. The third kappa shape index (κ3) is 2.63. The molecule has 3 heterocycles. The maximum absolute atomic E-state index is 5.78. The Morgan fingerprint density at radius 3 is 2.91 bits per heavy atom. The van der Waals surface area contributed by atoms with Gasteiger partial charge in [-0.05, 0) is 43.0 Å². The molecule has 1 aliphatic rings. The minimum absolute atomic E-state index is 0.434. The van der Waals surface area contributed by atoms with Crippen LogP contribution in [0.2, 0.25) is 0 Å². The van der Waals surface area contributed by atoms with Crippen LogP contribution in [0.3, 0.4) is 0 Å². The largest absolute Gasteiger partial charge is 0.459 e. The van der Waals surface area contributed by atoms with Gasteiger partial charge in [0.15, 0.2) is 5.76 Å². The molecule has 1 atom stereocenters. The lowest BCUT2D eigenvalue weighted by molar-refractivity contribution is 0.443. The zero-order valence-electron chi connectivity index (χ0n) is 13.1. The number of anilines is 1. The van der Waals surface area contributed by atoms with E-state index in [0.29, 0.717) is 30.1 Å². The predicted octanol–water partition coefficient (Wildman–Crippen LogP) is 4.06. The van der Waals surface area contributed by atoms with Gasteiger partial charge in [-0.15, -0.1) is 10.2 Å². The summed E-state index contributed by atoms with van der Waals surface area (Å²) in [4.78, 5) is 2.39. The average Bonchev–Trinajstić information content (AvgIpc) is 3.26. The zero-order valence-corrected chi connectivity index (χ0v) is 13.1. The zero-order chi connectivity index (χ0) is 15.6. The first-order chi connectivity index (χ1) is 11.3. The van der Waals surface area contributed by atoms with Crippen molar-refractivity contribution in [2.45, 2.75) is 38.8 Å². The number of aromatic nitrogens is 2. The highest BCUT2D eigenvalue weighted by Gasteiger charge is 2.26. The van der Waals surface area contributed by atoms with E-state index in [-0.39, 0.29) is 0 Å². The summed E-state index contributed by atoms with van der Waals surface area (Å²) >= 11 is 0. The molecule has 0 radical (unpaired) electrons. The van der Waals surface area contributed by atoms with Crippen molar-refractivity contribution >= 4 is 5.69 Å². The molecule has 1 aromatic carbocycles. The minimum Gasteiger partial charge on any atom is -0.459 e. The van der Waals surface area contributed by atoms with Crippen molar-refractivity contribution in [2.24, 2.45) is 0 Å². The van der Waals surface area contributed by atoms with E-state index in [1.807, 2.05) is 12.1 Å². The van der Waals surface area contributed by atoms with E-state index >= 15 is 0 Å². The van der Waals surface area contributed by atoms with Gasteiger partial charge in [-0.1, -0.05) is 25.1 Å². The van der Waals surface area contributed by atoms with Gasteiger partial charge in [0, 0.05) is 11.7 Å². The summed E-state index contributed by atoms with van der Waals surface area (Å²) in [7, 11) is 0. The van der Waals surface area contributed by atoms with E-state index in [1.165, 1.54) is 11.3 Å². The van der Waals surface area contributed by atoms with Crippen LogP contribution in [0.1, 0.15) is 31.2 Å². The van der Waals surface area contributed by atoms with Gasteiger partial charge in [-0.2, -0.15) is 0 Å². The standard InChI is InChI=1S/C18H19N3O2/c1-2-14-10-9-13-6-3-4-7-15(13)21(14)12-17-19-20-18(23-17)16-8-5-11-22-16/h3-8,11,14H,2,9-10,12H2,1H3/t14-/m0/s1. The first-order valence-corrected chi connectivity index (χ1v) is 8.06. The molecule has 1 aliphatic heterocycles. The van der Waals surface area contributed by atoms with E-state index in [1.54, 1.807) is 6.26 Å². The Morgan fingerprint density at radius 2 is 2.09 bits per heavy atom. The van der Waals surface area contributed by atoms with Crippen molar-refractivity contribution in [1.82, 2.24) is 10.2 Å². The van der Waals surface area contributed by atoms with Crippen LogP contribution in [0.15, 0.2) is 51.5 Å². The summed E-state index contributed by atoms with van der Waals surface area (Å²) in [5.74, 6) is 1.66. The van der Waals surface area contributed by atoms with Gasteiger partial charge in [0.05, 0.1) is 12.8 Å². The molecule has 5 nitrogen and oxygen atoms in total. The molecule has 0 fully saturated rings. The number of nitrogens with zero attached hydrogens (tertiary/aromatic N) is 3. The molecule has 23 heavy (non-hydrogen) atoms. The minimum atomic E-state index is 0.434. The number of furan rings is 1. The molecule has 118 valence electrons. The summed E-state index contributed by atoms with van der Waals surface area (Å²) in [6.07, 6.45) is 5.00. The highest BCUT2D eigenvalue weighted by atomic mass is 16.4. The maximum Gasteiger partial charge on any atom is 0.283 e. The summed E-state index contributed by atoms with van der Waals surface area (Å²) < 4.78 is 11.1. The van der Waals surface area contributed by atoms with Crippen molar-refractivity contribution in [3.63, 3.8) is 0 Å². The first-order valence-electron chi connectivity index (χ1n) is 8.06. The molecule has 4 rings (SSSR count). The first kappa shape index (κ1) is 14.1. The van der Waals surface area contributed by atoms with Gasteiger partial charge in [-0.3, -0.25) is 0 Å². The lowest BCUT2D eigenvalue weighted by Crippen LogP contribution is -2.38. The van der Waals surface area contributed by atoms with Crippen LogP contribution >= 0.6 is 0 Å². The van der Waals surface area contributed by atoms with Crippen LogP contribution in [0, 0.1) is 0 Å². The topological polar surface area (TPSA) is 55.3 Å². The maximum atomic E-state index is 5.78. The normalized spacial score (nSPS) is 17.3. The molecular formula is C18H19N3O2. The Bertz CT molecular complexity index is 779. The molecule has 0 saturated carbocycles. The Kier molecular flexibility index (Phi) is 3.61. The predicted molar refractivity (Wildman–Crippen MR) is 87.0 cm³/mol. The monoisotopic (exact) mass is 309 g/mol. The molecular weight excluding hydrogens is 290 g/mol. The van der Waals surface area contributed by atoms with Gasteiger partial charge >= 0.3 is 0 Å². The molecule has 0 bridgehead atoms. The number of para-hydroxylation sites is 1. The smallest absolute Gasteiger partial charge is 0.283 e. The molecule has 0 aliphatic carbocycles. The van der Waals surface area contributed by atoms with Crippen LogP contribution < -0.4 is 4.90 Å². The van der Waals surface area contributed by atoms with Crippen molar-refractivity contribution < 1.29 is 8.83 Å². The number of rotatable bonds is 4. The van der Waals surface area contributed by atoms with Gasteiger partial charge in [0.1, 0.15) is 0 Å². The lowest BCUT2D eigenvalue weighted by Gasteiger charge is -2.37. The van der Waals surface area contributed by atoms with E-state index in [4.69, 9.17) is 8.83 Å². The van der Waals surface area contributed by atoms with Gasteiger partial charge in [-0.25, -0.2) is 0 Å². The number of fused-ring (bicyclic) bond motifs is 1. The van der Waals surface area contributed by atoms with Crippen molar-refractivity contribution in [1.29, 1.82) is 0 Å². The average molecular weight is 309 g/mol. The van der Waals surface area contributed by atoms with Gasteiger partial charge < -0.3 is 13.7 Å². The SMILES string of the molecule is CC[C@H]1CCc2ccccc2N1Cc1nnc(-c2ccco2)o1. The molecule has 2 aromatic heterocycles. The van der Waals surface area contributed by atoms with Crippen molar-refractivity contribution in [3.8, 4) is 11.7 Å². The van der Waals surface area contributed by atoms with Gasteiger partial charge in [0.25, 0.3) is 5.89 Å². The van der Waals surface area contributed by atoms with E-state index in [9.17, 15) is 0 Å². The number of benzene rings is 1. The Hall–Kier alpha value is -2.56. The van der Waals surface area contributed by atoms with Crippen LogP contribution in [-0.2, 0) is 13.0 Å². The van der Waals surface area contributed by atoms with E-state index in [2.05, 4.69) is 46.3 Å². The fourth-order valence-electron chi connectivity index (χ4n) is 3.28. The number of aryl methyl sites for hydroxylation is 1. The summed E-state index contributed by atoms with van der Waals surface area (Å²) in [6.45, 7) is 2.86. The van der Waals surface area contributed by atoms with Gasteiger partial charge in [0.2, 0.25) is 5.89 Å². The molecule has 3 aromatic rings. The van der Waals surface area contributed by atoms with Crippen LogP contribution in [0.25, 0.3) is 11.7 Å². The third-order valence-electron chi connectivity index (χ3n) is 4.46.